The summed E-state index contributed by atoms with van der Waals surface area (Å²) in [5.41, 5.74) is 3.77. The van der Waals surface area contributed by atoms with Crippen molar-refractivity contribution in [2.45, 2.75) is 24.7 Å². The summed E-state index contributed by atoms with van der Waals surface area (Å²) in [4.78, 5) is 0. The Balaban J connectivity index is 1.91. The molecule has 0 bridgehead atoms. The van der Waals surface area contributed by atoms with Gasteiger partial charge in [0.25, 0.3) is 0 Å². The second-order valence-corrected chi connectivity index (χ2v) is 10.7. The molecule has 8 heteroatoms. The Kier molecular flexibility index (Phi) is 10.4. The molecule has 4 rings (SSSR count). The fraction of sp³-hybridized carbons (Fsp3) is 0.294. The van der Waals surface area contributed by atoms with Gasteiger partial charge in [-0.15, -0.1) is 0 Å². The van der Waals surface area contributed by atoms with Gasteiger partial charge in [-0.1, -0.05) is 47.5 Å². The van der Waals surface area contributed by atoms with Gasteiger partial charge in [-0.3, -0.25) is 0 Å². The van der Waals surface area contributed by atoms with Gasteiger partial charge in [0.1, 0.15) is 0 Å². The van der Waals surface area contributed by atoms with Crippen molar-refractivity contribution in [2.24, 2.45) is 0 Å². The van der Waals surface area contributed by atoms with E-state index in [0.29, 0.717) is 57.4 Å². The highest BCUT2D eigenvalue weighted by Crippen LogP contribution is 2.46. The second kappa shape index (κ2) is 14.0. The molecule has 0 aromatic heterocycles. The van der Waals surface area contributed by atoms with Crippen molar-refractivity contribution < 1.29 is 28.4 Å². The van der Waals surface area contributed by atoms with Crippen molar-refractivity contribution in [3.63, 3.8) is 0 Å². The molecule has 0 aliphatic rings. The van der Waals surface area contributed by atoms with Crippen molar-refractivity contribution in [3.8, 4) is 34.5 Å². The van der Waals surface area contributed by atoms with Gasteiger partial charge < -0.3 is 28.4 Å². The SMILES string of the molecule is COc1cc(CCC(Cc2cc(OC)c(OC)c(OC)c2)(c2ccc(Cl)cc2)c2ccc(Cl)cc2)cc(OC)c1OC. The number of aryl methyl sites for hydroxylation is 1. The number of rotatable bonds is 13. The molecule has 0 saturated carbocycles. The molecule has 0 saturated heterocycles. The zero-order chi connectivity index (χ0) is 30.3. The molecule has 0 N–H and O–H groups in total. The maximum atomic E-state index is 6.37. The molecular weight excluding hydrogens is 575 g/mol. The summed E-state index contributed by atoms with van der Waals surface area (Å²) in [5.74, 6) is 3.52. The third-order valence-electron chi connectivity index (χ3n) is 7.59. The van der Waals surface area contributed by atoms with Crippen LogP contribution in [0.15, 0.2) is 72.8 Å². The topological polar surface area (TPSA) is 55.4 Å². The van der Waals surface area contributed by atoms with E-state index in [1.165, 1.54) is 0 Å². The van der Waals surface area contributed by atoms with Crippen LogP contribution < -0.4 is 28.4 Å². The third-order valence-corrected chi connectivity index (χ3v) is 8.09. The van der Waals surface area contributed by atoms with E-state index in [1.807, 2.05) is 48.5 Å². The van der Waals surface area contributed by atoms with Crippen LogP contribution in [-0.4, -0.2) is 42.7 Å². The minimum Gasteiger partial charge on any atom is -0.493 e. The van der Waals surface area contributed by atoms with Gasteiger partial charge in [0.05, 0.1) is 42.7 Å². The van der Waals surface area contributed by atoms with Crippen LogP contribution in [0.25, 0.3) is 0 Å². The van der Waals surface area contributed by atoms with Gasteiger partial charge in [0, 0.05) is 15.5 Å². The molecule has 0 amide bonds. The molecule has 0 radical (unpaired) electrons. The summed E-state index contributed by atoms with van der Waals surface area (Å²) in [6, 6.07) is 24.1. The minimum absolute atomic E-state index is 0.500. The zero-order valence-corrected chi connectivity index (χ0v) is 26.3. The standard InChI is InChI=1S/C34H36Cl2O6/c1-37-28-17-22(18-29(38-2)32(28)41-5)15-16-34(24-7-11-26(35)12-8-24,25-9-13-27(36)14-10-25)21-23-19-30(39-3)33(42-6)31(20-23)40-4/h7-14,17-20H,15-16,21H2,1-6H3. The van der Waals surface area contributed by atoms with E-state index in [2.05, 4.69) is 24.3 Å². The molecule has 0 aliphatic heterocycles. The van der Waals surface area contributed by atoms with Crippen molar-refractivity contribution in [1.29, 1.82) is 0 Å². The summed E-state index contributed by atoms with van der Waals surface area (Å²) in [5, 5.41) is 1.34. The lowest BCUT2D eigenvalue weighted by Crippen LogP contribution is -2.31. The number of methoxy groups -OCH3 is 6. The number of hydrogen-bond acceptors (Lipinski definition) is 6. The van der Waals surface area contributed by atoms with Crippen LogP contribution in [0, 0.1) is 0 Å². The van der Waals surface area contributed by atoms with E-state index in [0.717, 1.165) is 28.7 Å². The van der Waals surface area contributed by atoms with Crippen LogP contribution >= 0.6 is 23.2 Å². The monoisotopic (exact) mass is 610 g/mol. The number of benzene rings is 4. The molecule has 222 valence electrons. The van der Waals surface area contributed by atoms with Crippen molar-refractivity contribution >= 4 is 23.2 Å². The molecule has 0 fully saturated rings. The van der Waals surface area contributed by atoms with E-state index >= 15 is 0 Å². The number of ether oxygens (including phenoxy) is 6. The first-order valence-corrected chi connectivity index (χ1v) is 14.2. The smallest absolute Gasteiger partial charge is 0.203 e. The molecule has 0 unspecified atom stereocenters. The van der Waals surface area contributed by atoms with Gasteiger partial charge >= 0.3 is 0 Å². The highest BCUT2D eigenvalue weighted by atomic mass is 35.5. The Bertz CT molecular complexity index is 1390. The van der Waals surface area contributed by atoms with Gasteiger partial charge in [-0.25, -0.2) is 0 Å². The van der Waals surface area contributed by atoms with Gasteiger partial charge in [-0.05, 0) is 90.0 Å². The summed E-state index contributed by atoms with van der Waals surface area (Å²) >= 11 is 12.7. The second-order valence-electron chi connectivity index (χ2n) is 9.84. The molecule has 0 spiro atoms. The normalized spacial score (nSPS) is 11.1. The van der Waals surface area contributed by atoms with Gasteiger partial charge in [-0.2, -0.15) is 0 Å². The highest BCUT2D eigenvalue weighted by molar-refractivity contribution is 6.30. The van der Waals surface area contributed by atoms with Crippen LogP contribution in [0.3, 0.4) is 0 Å². The first-order valence-electron chi connectivity index (χ1n) is 13.4. The van der Waals surface area contributed by atoms with Gasteiger partial charge in [0.2, 0.25) is 11.5 Å². The number of halogens is 2. The van der Waals surface area contributed by atoms with E-state index < -0.39 is 5.41 Å². The highest BCUT2D eigenvalue weighted by Gasteiger charge is 2.35. The summed E-state index contributed by atoms with van der Waals surface area (Å²) in [7, 11) is 9.69. The fourth-order valence-electron chi connectivity index (χ4n) is 5.51. The van der Waals surface area contributed by atoms with E-state index in [-0.39, 0.29) is 0 Å². The number of hydrogen-bond donors (Lipinski definition) is 0. The lowest BCUT2D eigenvalue weighted by atomic mass is 9.67. The summed E-state index contributed by atoms with van der Waals surface area (Å²) in [6.07, 6.45) is 2.05. The third kappa shape index (κ3) is 6.50. The molecule has 42 heavy (non-hydrogen) atoms. The average Bonchev–Trinajstić information content (AvgIpc) is 3.02. The predicted molar refractivity (Wildman–Crippen MR) is 168 cm³/mol. The molecule has 6 nitrogen and oxygen atoms in total. The Morgan fingerprint density at radius 1 is 0.500 bits per heavy atom. The first-order chi connectivity index (χ1) is 20.3. The predicted octanol–water partition coefficient (Wildman–Crippen LogP) is 8.21. The molecule has 0 heterocycles. The summed E-state index contributed by atoms with van der Waals surface area (Å²) in [6.45, 7) is 0. The maximum absolute atomic E-state index is 6.37. The Hall–Kier alpha value is -3.74. The Morgan fingerprint density at radius 2 is 0.857 bits per heavy atom. The molecule has 0 aliphatic carbocycles. The average molecular weight is 612 g/mol. The Morgan fingerprint density at radius 3 is 1.19 bits per heavy atom. The van der Waals surface area contributed by atoms with E-state index in [4.69, 9.17) is 51.6 Å². The van der Waals surface area contributed by atoms with Crippen LogP contribution in [-0.2, 0) is 18.3 Å². The van der Waals surface area contributed by atoms with Crippen LogP contribution in [0.2, 0.25) is 10.0 Å². The maximum Gasteiger partial charge on any atom is 0.203 e. The quantitative estimate of drug-likeness (QED) is 0.152. The van der Waals surface area contributed by atoms with E-state index in [1.54, 1.807) is 42.7 Å². The largest absolute Gasteiger partial charge is 0.493 e. The summed E-state index contributed by atoms with van der Waals surface area (Å²) < 4.78 is 33.8. The van der Waals surface area contributed by atoms with Gasteiger partial charge in [0.15, 0.2) is 23.0 Å². The molecule has 0 atom stereocenters. The molecule has 4 aromatic rings. The lowest BCUT2D eigenvalue weighted by molar-refractivity contribution is 0.322. The van der Waals surface area contributed by atoms with Crippen molar-refractivity contribution in [3.05, 3.63) is 105 Å². The minimum atomic E-state index is -0.500. The zero-order valence-electron chi connectivity index (χ0n) is 24.8. The molecule has 4 aromatic carbocycles. The van der Waals surface area contributed by atoms with Crippen LogP contribution in [0.1, 0.15) is 28.7 Å². The van der Waals surface area contributed by atoms with Crippen molar-refractivity contribution in [2.75, 3.05) is 42.7 Å². The molecular formula is C34H36Cl2O6. The van der Waals surface area contributed by atoms with Crippen molar-refractivity contribution in [1.82, 2.24) is 0 Å². The van der Waals surface area contributed by atoms with Crippen LogP contribution in [0.5, 0.6) is 34.5 Å². The lowest BCUT2D eigenvalue weighted by Gasteiger charge is -2.36. The Labute approximate surface area is 258 Å². The fourth-order valence-corrected chi connectivity index (χ4v) is 5.76. The van der Waals surface area contributed by atoms with E-state index in [9.17, 15) is 0 Å². The van der Waals surface area contributed by atoms with Crippen LogP contribution in [0.4, 0.5) is 0 Å². The first kappa shape index (κ1) is 31.2.